The summed E-state index contributed by atoms with van der Waals surface area (Å²) in [5, 5.41) is 4.68. The quantitative estimate of drug-likeness (QED) is 0.605. The first kappa shape index (κ1) is 17.9. The first-order valence-corrected chi connectivity index (χ1v) is 8.69. The first-order chi connectivity index (χ1) is 11.9. The fraction of sp³-hybridized carbons (Fsp3) is 0.167. The van der Waals surface area contributed by atoms with E-state index in [0.29, 0.717) is 23.7 Å². The highest BCUT2D eigenvalue weighted by Crippen LogP contribution is 2.30. The van der Waals surface area contributed by atoms with Crippen LogP contribution in [0.25, 0.3) is 10.4 Å². The summed E-state index contributed by atoms with van der Waals surface area (Å²) in [7, 11) is 0. The SMILES string of the molecule is FC(F)(F)c1cccc(CNCc2ncc(-c3ccc(Cl)cc3)s2)c1. The maximum absolute atomic E-state index is 12.7. The van der Waals surface area contributed by atoms with Crippen LogP contribution in [0.3, 0.4) is 0 Å². The van der Waals surface area contributed by atoms with Gasteiger partial charge in [-0.15, -0.1) is 11.3 Å². The smallest absolute Gasteiger partial charge is 0.306 e. The lowest BCUT2D eigenvalue weighted by molar-refractivity contribution is -0.137. The van der Waals surface area contributed by atoms with Gasteiger partial charge < -0.3 is 5.32 Å². The Morgan fingerprint density at radius 1 is 1.04 bits per heavy atom. The summed E-state index contributed by atoms with van der Waals surface area (Å²) in [6, 6.07) is 12.8. The van der Waals surface area contributed by atoms with E-state index in [1.807, 2.05) is 24.3 Å². The highest BCUT2D eigenvalue weighted by molar-refractivity contribution is 7.15. The molecule has 0 radical (unpaired) electrons. The van der Waals surface area contributed by atoms with E-state index in [1.54, 1.807) is 12.3 Å². The zero-order chi connectivity index (χ0) is 17.9. The minimum absolute atomic E-state index is 0.347. The molecule has 2 aromatic carbocycles. The Morgan fingerprint density at radius 3 is 2.52 bits per heavy atom. The van der Waals surface area contributed by atoms with Crippen LogP contribution in [0, 0.1) is 0 Å². The van der Waals surface area contributed by atoms with Crippen molar-refractivity contribution < 1.29 is 13.2 Å². The van der Waals surface area contributed by atoms with Crippen LogP contribution >= 0.6 is 22.9 Å². The summed E-state index contributed by atoms with van der Waals surface area (Å²) >= 11 is 7.42. The molecule has 0 aliphatic rings. The molecular formula is C18H14ClF3N2S. The average molecular weight is 383 g/mol. The molecule has 3 aromatic rings. The van der Waals surface area contributed by atoms with Crippen LogP contribution < -0.4 is 5.32 Å². The number of benzene rings is 2. The fourth-order valence-electron chi connectivity index (χ4n) is 2.31. The van der Waals surface area contributed by atoms with Crippen molar-refractivity contribution in [2.24, 2.45) is 0 Å². The monoisotopic (exact) mass is 382 g/mol. The lowest BCUT2D eigenvalue weighted by Crippen LogP contribution is -2.13. The van der Waals surface area contributed by atoms with E-state index in [9.17, 15) is 13.2 Å². The maximum atomic E-state index is 12.7. The fourth-order valence-corrected chi connectivity index (χ4v) is 3.33. The molecule has 0 unspecified atom stereocenters. The molecule has 7 heteroatoms. The van der Waals surface area contributed by atoms with Crippen LogP contribution in [-0.4, -0.2) is 4.98 Å². The van der Waals surface area contributed by atoms with Gasteiger partial charge in [0.1, 0.15) is 5.01 Å². The highest BCUT2D eigenvalue weighted by atomic mass is 35.5. The number of nitrogens with one attached hydrogen (secondary N) is 1. The normalized spacial score (nSPS) is 11.7. The topological polar surface area (TPSA) is 24.9 Å². The van der Waals surface area contributed by atoms with E-state index in [2.05, 4.69) is 10.3 Å². The third-order valence-electron chi connectivity index (χ3n) is 3.54. The number of rotatable bonds is 5. The second-order valence-electron chi connectivity index (χ2n) is 5.43. The molecule has 0 atom stereocenters. The molecule has 0 aliphatic carbocycles. The summed E-state index contributed by atoms with van der Waals surface area (Å²) < 4.78 is 38.1. The minimum atomic E-state index is -4.32. The second kappa shape index (κ2) is 7.56. The van der Waals surface area contributed by atoms with Gasteiger partial charge in [0.15, 0.2) is 0 Å². The van der Waals surface area contributed by atoms with Crippen molar-refractivity contribution in [3.05, 3.63) is 75.9 Å². The van der Waals surface area contributed by atoms with Gasteiger partial charge in [-0.2, -0.15) is 13.2 Å². The Balaban J connectivity index is 1.59. The molecule has 3 rings (SSSR count). The van der Waals surface area contributed by atoms with Crippen molar-refractivity contribution in [2.45, 2.75) is 19.3 Å². The molecule has 1 heterocycles. The van der Waals surface area contributed by atoms with Crippen LogP contribution in [0.1, 0.15) is 16.1 Å². The minimum Gasteiger partial charge on any atom is -0.306 e. The van der Waals surface area contributed by atoms with Crippen molar-refractivity contribution in [1.29, 1.82) is 0 Å². The van der Waals surface area contributed by atoms with Gasteiger partial charge in [-0.3, -0.25) is 0 Å². The first-order valence-electron chi connectivity index (χ1n) is 7.49. The number of hydrogen-bond donors (Lipinski definition) is 1. The van der Waals surface area contributed by atoms with E-state index in [0.717, 1.165) is 27.6 Å². The summed E-state index contributed by atoms with van der Waals surface area (Å²) in [5.74, 6) is 0. The lowest BCUT2D eigenvalue weighted by atomic mass is 10.1. The Bertz CT molecular complexity index is 844. The summed E-state index contributed by atoms with van der Waals surface area (Å²) in [4.78, 5) is 5.37. The van der Waals surface area contributed by atoms with E-state index in [1.165, 1.54) is 17.4 Å². The van der Waals surface area contributed by atoms with Gasteiger partial charge in [0, 0.05) is 24.3 Å². The number of aromatic nitrogens is 1. The van der Waals surface area contributed by atoms with Crippen molar-refractivity contribution in [2.75, 3.05) is 0 Å². The Hall–Kier alpha value is -1.89. The summed E-state index contributed by atoms with van der Waals surface area (Å²) in [5.41, 5.74) is 0.987. The van der Waals surface area contributed by atoms with Gasteiger partial charge in [0.2, 0.25) is 0 Å². The molecule has 25 heavy (non-hydrogen) atoms. The highest BCUT2D eigenvalue weighted by Gasteiger charge is 2.30. The van der Waals surface area contributed by atoms with E-state index >= 15 is 0 Å². The number of halogens is 4. The van der Waals surface area contributed by atoms with Gasteiger partial charge in [0.25, 0.3) is 0 Å². The molecular weight excluding hydrogens is 369 g/mol. The van der Waals surface area contributed by atoms with Crippen LogP contribution in [0.2, 0.25) is 5.02 Å². The molecule has 0 aliphatic heterocycles. The van der Waals surface area contributed by atoms with Crippen LogP contribution in [0.5, 0.6) is 0 Å². The van der Waals surface area contributed by atoms with Crippen LogP contribution in [-0.2, 0) is 19.3 Å². The van der Waals surface area contributed by atoms with Crippen molar-refractivity contribution in [3.8, 4) is 10.4 Å². The number of nitrogens with zero attached hydrogens (tertiary/aromatic N) is 1. The molecule has 130 valence electrons. The van der Waals surface area contributed by atoms with Crippen molar-refractivity contribution in [1.82, 2.24) is 10.3 Å². The van der Waals surface area contributed by atoms with E-state index in [4.69, 9.17) is 11.6 Å². The summed E-state index contributed by atoms with van der Waals surface area (Å²) in [6.45, 7) is 0.842. The third kappa shape index (κ3) is 4.81. The molecule has 0 amide bonds. The van der Waals surface area contributed by atoms with Crippen LogP contribution in [0.4, 0.5) is 13.2 Å². The zero-order valence-corrected chi connectivity index (χ0v) is 14.6. The van der Waals surface area contributed by atoms with E-state index < -0.39 is 11.7 Å². The summed E-state index contributed by atoms with van der Waals surface area (Å²) in [6.07, 6.45) is -2.53. The number of alkyl halides is 3. The predicted octanol–water partition coefficient (Wildman–Crippen LogP) is 5.77. The molecule has 0 spiro atoms. The maximum Gasteiger partial charge on any atom is 0.416 e. The molecule has 1 aromatic heterocycles. The Morgan fingerprint density at radius 2 is 1.80 bits per heavy atom. The lowest BCUT2D eigenvalue weighted by Gasteiger charge is -2.09. The molecule has 1 N–H and O–H groups in total. The molecule has 2 nitrogen and oxygen atoms in total. The van der Waals surface area contributed by atoms with Gasteiger partial charge in [-0.05, 0) is 29.3 Å². The molecule has 0 saturated carbocycles. The van der Waals surface area contributed by atoms with Crippen molar-refractivity contribution in [3.63, 3.8) is 0 Å². The van der Waals surface area contributed by atoms with Gasteiger partial charge >= 0.3 is 6.18 Å². The Labute approximate surface area is 152 Å². The zero-order valence-electron chi connectivity index (χ0n) is 13.0. The predicted molar refractivity (Wildman–Crippen MR) is 94.5 cm³/mol. The van der Waals surface area contributed by atoms with E-state index in [-0.39, 0.29) is 0 Å². The van der Waals surface area contributed by atoms with Gasteiger partial charge in [-0.25, -0.2) is 4.98 Å². The van der Waals surface area contributed by atoms with Crippen molar-refractivity contribution >= 4 is 22.9 Å². The Kier molecular flexibility index (Phi) is 5.42. The molecule has 0 fully saturated rings. The van der Waals surface area contributed by atoms with Gasteiger partial charge in [0.05, 0.1) is 10.4 Å². The third-order valence-corrected chi connectivity index (χ3v) is 4.84. The average Bonchev–Trinajstić information content (AvgIpc) is 3.04. The molecule has 0 bridgehead atoms. The largest absolute Gasteiger partial charge is 0.416 e. The number of thiazole rings is 1. The van der Waals surface area contributed by atoms with Gasteiger partial charge in [-0.1, -0.05) is 41.9 Å². The van der Waals surface area contributed by atoms with Crippen LogP contribution in [0.15, 0.2) is 54.7 Å². The standard InChI is InChI=1S/C18H14ClF3N2S/c19-15-6-4-13(5-7-15)16-10-24-17(25-16)11-23-9-12-2-1-3-14(8-12)18(20,21)22/h1-8,10,23H,9,11H2. The second-order valence-corrected chi connectivity index (χ2v) is 6.98. The number of hydrogen-bond acceptors (Lipinski definition) is 3. The molecule has 0 saturated heterocycles.